The molecule has 0 amide bonds. The molecule has 1 unspecified atom stereocenters. The van der Waals surface area contributed by atoms with Crippen LogP contribution in [-0.2, 0) is 13.2 Å². The minimum atomic E-state index is -0.374. The van der Waals surface area contributed by atoms with Crippen LogP contribution in [0.15, 0.2) is 28.7 Å². The van der Waals surface area contributed by atoms with Gasteiger partial charge < -0.3 is 9.32 Å². The van der Waals surface area contributed by atoms with Crippen LogP contribution in [0.1, 0.15) is 30.1 Å². The number of nitrogens with one attached hydrogen (secondary N) is 1. The van der Waals surface area contributed by atoms with Crippen LogP contribution in [0.2, 0.25) is 5.02 Å². The van der Waals surface area contributed by atoms with Crippen LogP contribution in [0, 0.1) is 24.0 Å². The summed E-state index contributed by atoms with van der Waals surface area (Å²) < 4.78 is 7.54. The summed E-state index contributed by atoms with van der Waals surface area (Å²) in [5, 5.41) is 24.5. The van der Waals surface area contributed by atoms with E-state index in [0.29, 0.717) is 47.4 Å². The lowest BCUT2D eigenvalue weighted by molar-refractivity contribution is -0.948. The van der Waals surface area contributed by atoms with Gasteiger partial charge in [-0.3, -0.25) is 10.1 Å². The molecule has 0 saturated heterocycles. The van der Waals surface area contributed by atoms with Crippen molar-refractivity contribution in [1.29, 1.82) is 0 Å². The Kier molecular flexibility index (Phi) is 4.86. The van der Waals surface area contributed by atoms with E-state index in [9.17, 15) is 10.1 Å². The number of hydrogen-bond acceptors (Lipinski definition) is 6. The molecular weight excluding hydrogens is 384 g/mol. The van der Waals surface area contributed by atoms with Crippen molar-refractivity contribution >= 4 is 17.3 Å². The molecule has 10 heteroatoms. The molecule has 1 atom stereocenters. The van der Waals surface area contributed by atoms with Crippen molar-refractivity contribution in [3.05, 3.63) is 56.7 Å². The highest BCUT2D eigenvalue weighted by atomic mass is 35.5. The molecule has 9 nitrogen and oxygen atoms in total. The van der Waals surface area contributed by atoms with Crippen molar-refractivity contribution in [2.45, 2.75) is 45.9 Å². The average molecular weight is 404 g/mol. The van der Waals surface area contributed by atoms with Crippen LogP contribution in [0.5, 0.6) is 0 Å². The SMILES string of the molecule is Cc1nn(C[NH+](Cc2nnc(-c3ccc(Cl)cc3)o2)C2CC2)c(C)c1[N+](=O)[O-]. The first-order valence-electron chi connectivity index (χ1n) is 9.03. The molecule has 4 rings (SSSR count). The first-order valence-corrected chi connectivity index (χ1v) is 9.41. The Labute approximate surface area is 166 Å². The summed E-state index contributed by atoms with van der Waals surface area (Å²) >= 11 is 5.92. The van der Waals surface area contributed by atoms with Gasteiger partial charge in [0.25, 0.3) is 5.89 Å². The van der Waals surface area contributed by atoms with E-state index < -0.39 is 0 Å². The lowest BCUT2D eigenvalue weighted by atomic mass is 10.2. The molecule has 1 aliphatic rings. The normalized spacial score (nSPS) is 15.0. The molecule has 2 heterocycles. The van der Waals surface area contributed by atoms with Crippen LogP contribution in [0.4, 0.5) is 5.69 Å². The van der Waals surface area contributed by atoms with Crippen LogP contribution >= 0.6 is 11.6 Å². The van der Waals surface area contributed by atoms with E-state index in [2.05, 4.69) is 15.3 Å². The third-order valence-corrected chi connectivity index (χ3v) is 5.22. The Morgan fingerprint density at radius 1 is 1.29 bits per heavy atom. The molecule has 0 spiro atoms. The number of halogens is 1. The molecule has 28 heavy (non-hydrogen) atoms. The quantitative estimate of drug-likeness (QED) is 0.479. The van der Waals surface area contributed by atoms with Gasteiger partial charge in [-0.1, -0.05) is 11.6 Å². The summed E-state index contributed by atoms with van der Waals surface area (Å²) in [5.41, 5.74) is 1.89. The first kappa shape index (κ1) is 18.6. The summed E-state index contributed by atoms with van der Waals surface area (Å²) in [6, 6.07) is 7.69. The second kappa shape index (κ2) is 7.33. The van der Waals surface area contributed by atoms with Gasteiger partial charge in [-0.25, -0.2) is 4.68 Å². The van der Waals surface area contributed by atoms with Crippen molar-refractivity contribution in [2.75, 3.05) is 0 Å². The number of aromatic nitrogens is 4. The number of nitrogens with zero attached hydrogens (tertiary/aromatic N) is 5. The molecule has 0 radical (unpaired) electrons. The zero-order chi connectivity index (χ0) is 19.8. The number of nitro groups is 1. The zero-order valence-corrected chi connectivity index (χ0v) is 16.3. The molecule has 1 N–H and O–H groups in total. The second-order valence-corrected chi connectivity index (χ2v) is 7.49. The molecule has 3 aromatic rings. The Balaban J connectivity index is 1.52. The maximum atomic E-state index is 11.2. The average Bonchev–Trinajstić information content (AvgIpc) is 3.33. The van der Waals surface area contributed by atoms with Crippen molar-refractivity contribution < 1.29 is 14.2 Å². The first-order chi connectivity index (χ1) is 13.4. The van der Waals surface area contributed by atoms with Gasteiger partial charge in [0, 0.05) is 23.4 Å². The van der Waals surface area contributed by atoms with Crippen molar-refractivity contribution in [3.63, 3.8) is 0 Å². The molecule has 1 fully saturated rings. The van der Waals surface area contributed by atoms with Crippen LogP contribution in [-0.4, -0.2) is 30.9 Å². The maximum Gasteiger partial charge on any atom is 0.312 e. The minimum absolute atomic E-state index is 0.0814. The highest BCUT2D eigenvalue weighted by Gasteiger charge is 2.36. The molecule has 1 saturated carbocycles. The van der Waals surface area contributed by atoms with Crippen molar-refractivity contribution in [2.24, 2.45) is 0 Å². The minimum Gasteiger partial charge on any atom is -0.415 e. The molecule has 1 aromatic carbocycles. The summed E-state index contributed by atoms with van der Waals surface area (Å²) in [7, 11) is 0. The van der Waals surface area contributed by atoms with Crippen molar-refractivity contribution in [3.8, 4) is 11.5 Å². The lowest BCUT2D eigenvalue weighted by Crippen LogP contribution is -3.11. The highest BCUT2D eigenvalue weighted by Crippen LogP contribution is 2.23. The van der Waals surface area contributed by atoms with Gasteiger partial charge >= 0.3 is 5.69 Å². The third-order valence-electron chi connectivity index (χ3n) is 4.97. The predicted octanol–water partition coefficient (Wildman–Crippen LogP) is 2.32. The Hall–Kier alpha value is -2.78. The monoisotopic (exact) mass is 403 g/mol. The largest absolute Gasteiger partial charge is 0.415 e. The van der Waals surface area contributed by atoms with Gasteiger partial charge in [-0.15, -0.1) is 10.2 Å². The van der Waals surface area contributed by atoms with Crippen LogP contribution in [0.25, 0.3) is 11.5 Å². The third kappa shape index (κ3) is 3.76. The molecular formula is C18H20ClN6O3+. The van der Waals surface area contributed by atoms with Gasteiger partial charge in [-0.05, 0) is 38.1 Å². The standard InChI is InChI=1S/C18H19ClN6O3/c1-11-17(25(26)27)12(2)24(22-11)10-23(15-7-8-15)9-16-20-21-18(28-16)13-3-5-14(19)6-4-13/h3-6,15H,7-10H2,1-2H3/p+1. The molecule has 2 aromatic heterocycles. The van der Waals surface area contributed by atoms with E-state index in [0.717, 1.165) is 18.4 Å². The number of aryl methyl sites for hydroxylation is 1. The maximum absolute atomic E-state index is 11.2. The van der Waals surface area contributed by atoms with Gasteiger partial charge in [-0.2, -0.15) is 5.10 Å². The van der Waals surface area contributed by atoms with Crippen LogP contribution < -0.4 is 4.90 Å². The predicted molar refractivity (Wildman–Crippen MR) is 101 cm³/mol. The fourth-order valence-electron chi connectivity index (χ4n) is 3.35. The summed E-state index contributed by atoms with van der Waals surface area (Å²) in [4.78, 5) is 12.1. The number of hydrogen-bond donors (Lipinski definition) is 1. The fourth-order valence-corrected chi connectivity index (χ4v) is 3.47. The van der Waals surface area contributed by atoms with Gasteiger partial charge in [0.2, 0.25) is 5.89 Å². The summed E-state index contributed by atoms with van der Waals surface area (Å²) in [6.45, 7) is 4.45. The summed E-state index contributed by atoms with van der Waals surface area (Å²) in [6.07, 6.45) is 2.21. The number of benzene rings is 1. The smallest absolute Gasteiger partial charge is 0.312 e. The van der Waals surface area contributed by atoms with Gasteiger partial charge in [0.1, 0.15) is 11.4 Å². The Bertz CT molecular complexity index is 1010. The van der Waals surface area contributed by atoms with E-state index in [1.165, 1.54) is 4.90 Å². The Morgan fingerprint density at radius 2 is 2.00 bits per heavy atom. The van der Waals surface area contributed by atoms with Crippen molar-refractivity contribution in [1.82, 2.24) is 20.0 Å². The molecule has 0 aliphatic heterocycles. The molecule has 1 aliphatic carbocycles. The molecule has 146 valence electrons. The van der Waals surface area contributed by atoms with E-state index in [-0.39, 0.29) is 10.6 Å². The number of quaternary nitrogens is 1. The lowest BCUT2D eigenvalue weighted by Gasteiger charge is -2.17. The van der Waals surface area contributed by atoms with E-state index in [1.54, 1.807) is 30.7 Å². The van der Waals surface area contributed by atoms with E-state index in [4.69, 9.17) is 16.0 Å². The summed E-state index contributed by atoms with van der Waals surface area (Å²) in [5.74, 6) is 0.978. The van der Waals surface area contributed by atoms with Crippen LogP contribution in [0.3, 0.4) is 0 Å². The fraction of sp³-hybridized carbons (Fsp3) is 0.389. The topological polar surface area (TPSA) is 104 Å². The number of rotatable bonds is 7. The van der Waals surface area contributed by atoms with Gasteiger partial charge in [0.05, 0.1) is 11.0 Å². The zero-order valence-electron chi connectivity index (χ0n) is 15.6. The molecule has 0 bridgehead atoms. The second-order valence-electron chi connectivity index (χ2n) is 7.05. The van der Waals surface area contributed by atoms with Gasteiger partial charge in [0.15, 0.2) is 13.2 Å². The highest BCUT2D eigenvalue weighted by molar-refractivity contribution is 6.30. The van der Waals surface area contributed by atoms with E-state index in [1.807, 2.05) is 12.1 Å². The van der Waals surface area contributed by atoms with E-state index >= 15 is 0 Å². The Morgan fingerprint density at radius 3 is 2.61 bits per heavy atom.